The van der Waals surface area contributed by atoms with Crippen molar-refractivity contribution < 1.29 is 23.9 Å². The van der Waals surface area contributed by atoms with Crippen LogP contribution < -0.4 is 0 Å². The number of rotatable bonds is 2. The lowest BCUT2D eigenvalue weighted by atomic mass is 9.94. The van der Waals surface area contributed by atoms with Crippen LogP contribution in [0, 0.1) is 23.2 Å². The molecule has 0 aliphatic heterocycles. The van der Waals surface area contributed by atoms with Crippen LogP contribution in [0.4, 0.5) is 0 Å². The zero-order valence-corrected chi connectivity index (χ0v) is 10.1. The first-order chi connectivity index (χ1) is 8.53. The van der Waals surface area contributed by atoms with E-state index >= 15 is 0 Å². The summed E-state index contributed by atoms with van der Waals surface area (Å²) in [5.41, 5.74) is -1.45. The van der Waals surface area contributed by atoms with Crippen molar-refractivity contribution in [3.63, 3.8) is 0 Å². The van der Waals surface area contributed by atoms with Crippen molar-refractivity contribution in [1.82, 2.24) is 0 Å². The van der Waals surface area contributed by atoms with E-state index in [-0.39, 0.29) is 49.1 Å². The van der Waals surface area contributed by atoms with Crippen molar-refractivity contribution >= 4 is 23.3 Å². The Morgan fingerprint density at radius 2 is 1.72 bits per heavy atom. The van der Waals surface area contributed by atoms with E-state index in [0.717, 1.165) is 0 Å². The highest BCUT2D eigenvalue weighted by Gasteiger charge is 2.81. The molecule has 5 nitrogen and oxygen atoms in total. The lowest BCUT2D eigenvalue weighted by Crippen LogP contribution is -2.32. The number of hydrogen-bond donors (Lipinski definition) is 0. The van der Waals surface area contributed by atoms with E-state index in [1.165, 1.54) is 0 Å². The van der Waals surface area contributed by atoms with Crippen LogP contribution in [0.25, 0.3) is 0 Å². The number of carbonyl (C=O) groups is 4. The van der Waals surface area contributed by atoms with E-state index in [9.17, 15) is 19.2 Å². The maximum absolute atomic E-state index is 12.2. The van der Waals surface area contributed by atoms with Gasteiger partial charge in [0.2, 0.25) is 0 Å². The van der Waals surface area contributed by atoms with Crippen LogP contribution in [0.5, 0.6) is 0 Å². The second kappa shape index (κ2) is 3.49. The van der Waals surface area contributed by atoms with E-state index in [1.807, 2.05) is 0 Å². The number of Topliss-reactive ketones (excluding diaryl/α,β-unsaturated/α-hetero) is 3. The molecule has 0 aromatic rings. The average molecular weight is 250 g/mol. The molecule has 0 amide bonds. The largest absolute Gasteiger partial charge is 0.465 e. The number of fused-ring (bicyclic) bond motifs is 3. The van der Waals surface area contributed by atoms with E-state index < -0.39 is 23.2 Å². The van der Waals surface area contributed by atoms with Gasteiger partial charge in [0, 0.05) is 19.3 Å². The summed E-state index contributed by atoms with van der Waals surface area (Å²) < 4.78 is 4.94. The third kappa shape index (κ3) is 1.17. The van der Waals surface area contributed by atoms with Gasteiger partial charge < -0.3 is 4.74 Å². The first-order valence-corrected chi connectivity index (χ1v) is 6.29. The third-order valence-corrected chi connectivity index (χ3v) is 4.43. The summed E-state index contributed by atoms with van der Waals surface area (Å²) in [6, 6.07) is 0. The number of ether oxygens (including phenoxy) is 1. The van der Waals surface area contributed by atoms with Gasteiger partial charge in [-0.15, -0.1) is 0 Å². The Hall–Kier alpha value is -1.52. The molecule has 2 atom stereocenters. The molecule has 4 bridgehead atoms. The topological polar surface area (TPSA) is 77.5 Å². The minimum Gasteiger partial charge on any atom is -0.465 e. The Bertz CT molecular complexity index is 454. The molecule has 0 saturated heterocycles. The van der Waals surface area contributed by atoms with Gasteiger partial charge in [-0.2, -0.15) is 0 Å². The highest BCUT2D eigenvalue weighted by Crippen LogP contribution is 2.66. The van der Waals surface area contributed by atoms with Crippen LogP contribution >= 0.6 is 0 Å². The maximum Gasteiger partial charge on any atom is 0.321 e. The predicted octanol–water partition coefficient (Wildman–Crippen LogP) is 0.303. The molecule has 96 valence electrons. The molecular formula is C13H14O5. The second-order valence-corrected chi connectivity index (χ2v) is 5.38. The van der Waals surface area contributed by atoms with Crippen molar-refractivity contribution in [1.29, 1.82) is 0 Å². The molecule has 4 rings (SSSR count). The summed E-state index contributed by atoms with van der Waals surface area (Å²) >= 11 is 0. The zero-order chi connectivity index (χ0) is 13.1. The molecule has 4 saturated carbocycles. The first kappa shape index (κ1) is 11.6. The molecule has 0 spiro atoms. The number of carbonyl (C=O) groups excluding carboxylic acids is 4. The van der Waals surface area contributed by atoms with Crippen LogP contribution in [0.3, 0.4) is 0 Å². The highest BCUT2D eigenvalue weighted by molar-refractivity contribution is 6.21. The number of hydrogen-bond acceptors (Lipinski definition) is 5. The Kier molecular flexibility index (Phi) is 2.24. The van der Waals surface area contributed by atoms with Crippen LogP contribution in [0.2, 0.25) is 0 Å². The lowest BCUT2D eigenvalue weighted by Gasteiger charge is -2.12. The fourth-order valence-corrected chi connectivity index (χ4v) is 3.70. The van der Waals surface area contributed by atoms with E-state index in [2.05, 4.69) is 0 Å². The Labute approximate surface area is 104 Å². The standard InChI is InChI=1S/C13H14O5/c1-2-18-12(17)13-9(16)5-6-3-7(14)10(13)11(13)8(15)4-6/h6,10-11H,2-5H2,1H3. The lowest BCUT2D eigenvalue weighted by molar-refractivity contribution is -0.156. The minimum absolute atomic E-state index is 0.116. The first-order valence-electron chi connectivity index (χ1n) is 6.29. The normalized spacial score (nSPS) is 41.4. The molecule has 0 heterocycles. The van der Waals surface area contributed by atoms with Crippen LogP contribution in [0.15, 0.2) is 0 Å². The Morgan fingerprint density at radius 3 is 2.22 bits per heavy atom. The summed E-state index contributed by atoms with van der Waals surface area (Å²) in [5.74, 6) is -2.84. The van der Waals surface area contributed by atoms with Gasteiger partial charge in [-0.3, -0.25) is 19.2 Å². The molecule has 2 unspecified atom stereocenters. The van der Waals surface area contributed by atoms with Gasteiger partial charge in [0.25, 0.3) is 0 Å². The van der Waals surface area contributed by atoms with Gasteiger partial charge in [0.1, 0.15) is 17.0 Å². The van der Waals surface area contributed by atoms with Crippen LogP contribution in [-0.2, 0) is 23.9 Å². The van der Waals surface area contributed by atoms with E-state index in [0.29, 0.717) is 0 Å². The minimum atomic E-state index is -1.45. The molecule has 18 heavy (non-hydrogen) atoms. The Morgan fingerprint density at radius 1 is 1.17 bits per heavy atom. The monoisotopic (exact) mass is 250 g/mol. The fraction of sp³-hybridized carbons (Fsp3) is 0.692. The maximum atomic E-state index is 12.2. The van der Waals surface area contributed by atoms with Crippen molar-refractivity contribution in [2.24, 2.45) is 23.2 Å². The molecule has 4 fully saturated rings. The van der Waals surface area contributed by atoms with E-state index in [4.69, 9.17) is 4.74 Å². The molecule has 0 aromatic carbocycles. The van der Waals surface area contributed by atoms with Crippen molar-refractivity contribution in [2.75, 3.05) is 6.61 Å². The SMILES string of the molecule is CCOC(=O)C12C(=O)CC3CC(=O)C1C2C(=O)C3. The summed E-state index contributed by atoms with van der Waals surface area (Å²) in [5, 5.41) is 0. The van der Waals surface area contributed by atoms with Crippen LogP contribution in [-0.4, -0.2) is 29.9 Å². The van der Waals surface area contributed by atoms with Crippen LogP contribution in [0.1, 0.15) is 26.2 Å². The summed E-state index contributed by atoms with van der Waals surface area (Å²) in [6.07, 6.45) is 0.656. The van der Waals surface area contributed by atoms with Gasteiger partial charge in [-0.25, -0.2) is 0 Å². The van der Waals surface area contributed by atoms with Gasteiger partial charge in [-0.05, 0) is 12.8 Å². The average Bonchev–Trinajstić information content (AvgIpc) is 3.01. The van der Waals surface area contributed by atoms with Crippen molar-refractivity contribution in [2.45, 2.75) is 26.2 Å². The zero-order valence-electron chi connectivity index (χ0n) is 10.1. The van der Waals surface area contributed by atoms with Gasteiger partial charge in [0.05, 0.1) is 18.4 Å². The van der Waals surface area contributed by atoms with Gasteiger partial charge in [0.15, 0.2) is 5.78 Å². The van der Waals surface area contributed by atoms with Gasteiger partial charge >= 0.3 is 5.97 Å². The fourth-order valence-electron chi connectivity index (χ4n) is 3.70. The van der Waals surface area contributed by atoms with Crippen molar-refractivity contribution in [3.05, 3.63) is 0 Å². The predicted molar refractivity (Wildman–Crippen MR) is 58.4 cm³/mol. The highest BCUT2D eigenvalue weighted by atomic mass is 16.5. The van der Waals surface area contributed by atoms with E-state index in [1.54, 1.807) is 6.92 Å². The molecule has 0 aromatic heterocycles. The Balaban J connectivity index is 2.08. The molecule has 4 aliphatic rings. The summed E-state index contributed by atoms with van der Waals surface area (Å²) in [7, 11) is 0. The van der Waals surface area contributed by atoms with Gasteiger partial charge in [-0.1, -0.05) is 0 Å². The molecule has 5 heteroatoms. The quantitative estimate of drug-likeness (QED) is 0.520. The molecule has 0 radical (unpaired) electrons. The molecular weight excluding hydrogens is 236 g/mol. The molecule has 0 N–H and O–H groups in total. The number of ketones is 3. The molecule has 4 aliphatic carbocycles. The smallest absolute Gasteiger partial charge is 0.321 e. The third-order valence-electron chi connectivity index (χ3n) is 4.43. The van der Waals surface area contributed by atoms with Crippen molar-refractivity contribution in [3.8, 4) is 0 Å². The number of esters is 1. The second-order valence-electron chi connectivity index (χ2n) is 5.38. The summed E-state index contributed by atoms with van der Waals surface area (Å²) in [6.45, 7) is 1.80. The summed E-state index contributed by atoms with van der Waals surface area (Å²) in [4.78, 5) is 48.3.